The van der Waals surface area contributed by atoms with Gasteiger partial charge in [0, 0.05) is 13.2 Å². The molecule has 0 aliphatic heterocycles. The zero-order chi connectivity index (χ0) is 17.2. The molecule has 8 heteroatoms. The summed E-state index contributed by atoms with van der Waals surface area (Å²) in [7, 11) is 3.83. The largest absolute Gasteiger partial charge is 0.489 e. The molecule has 0 bridgehead atoms. The lowest BCUT2D eigenvalue weighted by Crippen LogP contribution is -2.16. The Bertz CT molecular complexity index is 587. The van der Waals surface area contributed by atoms with E-state index in [-0.39, 0.29) is 23.7 Å². The molecule has 0 aromatic heterocycles. The fourth-order valence-corrected chi connectivity index (χ4v) is 1.54. The highest BCUT2D eigenvalue weighted by Gasteiger charge is 2.15. The Labute approximate surface area is 133 Å². The number of rotatable bonds is 8. The van der Waals surface area contributed by atoms with Gasteiger partial charge < -0.3 is 24.3 Å². The normalized spacial score (nSPS) is 10.9. The van der Waals surface area contributed by atoms with Crippen LogP contribution in [-0.2, 0) is 23.8 Å². The number of hydrogen-bond donors (Lipinski definition) is 1. The summed E-state index contributed by atoms with van der Waals surface area (Å²) in [5, 5.41) is 2.61. The minimum Gasteiger partial charge on any atom is -0.489 e. The van der Waals surface area contributed by atoms with Gasteiger partial charge in [0.1, 0.15) is 23.9 Å². The zero-order valence-corrected chi connectivity index (χ0v) is 13.1. The first kappa shape index (κ1) is 18.4. The number of benzene rings is 1. The Balaban J connectivity index is 3.06. The maximum Gasteiger partial charge on any atom is 0.354 e. The third-order valence-electron chi connectivity index (χ3n) is 2.62. The standard InChI is InChI=1S/C15H18FNO6/c1-20-6-7-23-13-5-4-10(16)8-11(13)17-12(15(19)22-3)9-14(18)21-2/h4-5,8-9,17H,6-7H2,1-3H3/b12-9+. The summed E-state index contributed by atoms with van der Waals surface area (Å²) in [4.78, 5) is 23.0. The van der Waals surface area contributed by atoms with Crippen molar-refractivity contribution < 1.29 is 32.9 Å². The number of nitrogens with one attached hydrogen (secondary N) is 1. The fraction of sp³-hybridized carbons (Fsp3) is 0.333. The van der Waals surface area contributed by atoms with Crippen LogP contribution in [0.15, 0.2) is 30.0 Å². The lowest BCUT2D eigenvalue weighted by atomic mass is 10.2. The van der Waals surface area contributed by atoms with Crippen LogP contribution in [0.3, 0.4) is 0 Å². The number of carbonyl (C=O) groups is 2. The van der Waals surface area contributed by atoms with E-state index in [1.807, 2.05) is 0 Å². The summed E-state index contributed by atoms with van der Waals surface area (Å²) >= 11 is 0. The molecule has 0 aliphatic rings. The molecular formula is C15H18FNO6. The van der Waals surface area contributed by atoms with Crippen LogP contribution < -0.4 is 10.1 Å². The minimum atomic E-state index is -0.817. The molecule has 0 radical (unpaired) electrons. The Morgan fingerprint density at radius 3 is 2.52 bits per heavy atom. The van der Waals surface area contributed by atoms with Crippen LogP contribution in [0.5, 0.6) is 5.75 Å². The van der Waals surface area contributed by atoms with E-state index in [0.29, 0.717) is 6.61 Å². The first-order valence-electron chi connectivity index (χ1n) is 6.58. The number of methoxy groups -OCH3 is 3. The Morgan fingerprint density at radius 2 is 1.91 bits per heavy atom. The smallest absolute Gasteiger partial charge is 0.354 e. The minimum absolute atomic E-state index is 0.154. The van der Waals surface area contributed by atoms with Crippen LogP contribution in [0.25, 0.3) is 0 Å². The lowest BCUT2D eigenvalue weighted by Gasteiger charge is -2.14. The number of carbonyl (C=O) groups excluding carboxylic acids is 2. The highest BCUT2D eigenvalue weighted by Crippen LogP contribution is 2.27. The highest BCUT2D eigenvalue weighted by molar-refractivity contribution is 5.99. The molecule has 1 aromatic rings. The van der Waals surface area contributed by atoms with Crippen LogP contribution in [0.1, 0.15) is 0 Å². The topological polar surface area (TPSA) is 83.1 Å². The van der Waals surface area contributed by atoms with Gasteiger partial charge in [-0.15, -0.1) is 0 Å². The van der Waals surface area contributed by atoms with E-state index in [4.69, 9.17) is 9.47 Å². The molecule has 1 N–H and O–H groups in total. The van der Waals surface area contributed by atoms with Gasteiger partial charge in [0.15, 0.2) is 0 Å². The van der Waals surface area contributed by atoms with Crippen molar-refractivity contribution in [3.05, 3.63) is 35.8 Å². The number of esters is 2. The summed E-state index contributed by atoms with van der Waals surface area (Å²) < 4.78 is 32.8. The third kappa shape index (κ3) is 5.95. The molecule has 126 valence electrons. The van der Waals surface area contributed by atoms with Crippen molar-refractivity contribution in [2.24, 2.45) is 0 Å². The number of halogens is 1. The molecule has 1 aromatic carbocycles. The SMILES string of the molecule is COCCOc1ccc(F)cc1N/C(=C/C(=O)OC)C(=O)OC. The molecule has 23 heavy (non-hydrogen) atoms. The molecule has 0 spiro atoms. The van der Waals surface area contributed by atoms with Gasteiger partial charge in [-0.3, -0.25) is 0 Å². The van der Waals surface area contributed by atoms with Crippen molar-refractivity contribution in [2.75, 3.05) is 39.9 Å². The first-order valence-corrected chi connectivity index (χ1v) is 6.58. The molecule has 0 fully saturated rings. The van der Waals surface area contributed by atoms with E-state index < -0.39 is 17.8 Å². The van der Waals surface area contributed by atoms with E-state index in [1.54, 1.807) is 0 Å². The predicted octanol–water partition coefficient (Wildman–Crippen LogP) is 1.49. The molecule has 0 saturated heterocycles. The summed E-state index contributed by atoms with van der Waals surface area (Å²) in [5.41, 5.74) is -0.0665. The van der Waals surface area contributed by atoms with Crippen molar-refractivity contribution >= 4 is 17.6 Å². The highest BCUT2D eigenvalue weighted by atomic mass is 19.1. The summed E-state index contributed by atoms with van der Waals surface area (Å²) in [5.74, 6) is -1.85. The van der Waals surface area contributed by atoms with Crippen molar-refractivity contribution in [1.82, 2.24) is 0 Å². The van der Waals surface area contributed by atoms with E-state index >= 15 is 0 Å². The number of ether oxygens (including phenoxy) is 4. The van der Waals surface area contributed by atoms with E-state index in [2.05, 4.69) is 14.8 Å². The molecule has 0 amide bonds. The number of anilines is 1. The lowest BCUT2D eigenvalue weighted by molar-refractivity contribution is -0.138. The van der Waals surface area contributed by atoms with Crippen LogP contribution in [0, 0.1) is 5.82 Å². The predicted molar refractivity (Wildman–Crippen MR) is 79.5 cm³/mol. The molecule has 0 unspecified atom stereocenters. The zero-order valence-electron chi connectivity index (χ0n) is 13.1. The fourth-order valence-electron chi connectivity index (χ4n) is 1.54. The van der Waals surface area contributed by atoms with E-state index in [1.165, 1.54) is 19.2 Å². The molecule has 0 aliphatic carbocycles. The van der Waals surface area contributed by atoms with Crippen LogP contribution in [-0.4, -0.2) is 46.5 Å². The van der Waals surface area contributed by atoms with Gasteiger partial charge in [0.25, 0.3) is 0 Å². The van der Waals surface area contributed by atoms with Gasteiger partial charge in [-0.25, -0.2) is 14.0 Å². The van der Waals surface area contributed by atoms with Gasteiger partial charge in [0.2, 0.25) is 0 Å². The van der Waals surface area contributed by atoms with Gasteiger partial charge in [-0.05, 0) is 12.1 Å². The van der Waals surface area contributed by atoms with Gasteiger partial charge >= 0.3 is 11.9 Å². The second kappa shape index (κ2) is 9.42. The molecule has 0 atom stereocenters. The van der Waals surface area contributed by atoms with Gasteiger partial charge in [-0.1, -0.05) is 0 Å². The molecular weight excluding hydrogens is 309 g/mol. The van der Waals surface area contributed by atoms with Crippen LogP contribution >= 0.6 is 0 Å². The number of hydrogen-bond acceptors (Lipinski definition) is 7. The van der Waals surface area contributed by atoms with Gasteiger partial charge in [-0.2, -0.15) is 0 Å². The van der Waals surface area contributed by atoms with Crippen LogP contribution in [0.4, 0.5) is 10.1 Å². The average Bonchev–Trinajstić information content (AvgIpc) is 2.55. The first-order chi connectivity index (χ1) is 11.0. The second-order valence-electron chi connectivity index (χ2n) is 4.18. The summed E-state index contributed by atoms with van der Waals surface area (Å²) in [6.45, 7) is 0.559. The van der Waals surface area contributed by atoms with E-state index in [0.717, 1.165) is 26.4 Å². The summed E-state index contributed by atoms with van der Waals surface area (Å²) in [6.07, 6.45) is 0.898. The average molecular weight is 327 g/mol. The third-order valence-corrected chi connectivity index (χ3v) is 2.62. The summed E-state index contributed by atoms with van der Waals surface area (Å²) in [6, 6.07) is 3.71. The van der Waals surface area contributed by atoms with Crippen LogP contribution in [0.2, 0.25) is 0 Å². The van der Waals surface area contributed by atoms with Crippen molar-refractivity contribution in [3.63, 3.8) is 0 Å². The quantitative estimate of drug-likeness (QED) is 0.440. The molecule has 7 nitrogen and oxygen atoms in total. The maximum absolute atomic E-state index is 13.5. The molecule has 0 heterocycles. The Kier molecular flexibility index (Phi) is 7.55. The monoisotopic (exact) mass is 327 g/mol. The maximum atomic E-state index is 13.5. The molecule has 0 saturated carbocycles. The Hall–Kier alpha value is -2.61. The van der Waals surface area contributed by atoms with Crippen molar-refractivity contribution in [1.29, 1.82) is 0 Å². The second-order valence-corrected chi connectivity index (χ2v) is 4.18. The van der Waals surface area contributed by atoms with E-state index in [9.17, 15) is 14.0 Å². The van der Waals surface area contributed by atoms with Crippen molar-refractivity contribution in [2.45, 2.75) is 0 Å². The van der Waals surface area contributed by atoms with Gasteiger partial charge in [0.05, 0.1) is 32.6 Å². The molecule has 1 rings (SSSR count). The Morgan fingerprint density at radius 1 is 1.17 bits per heavy atom. The van der Waals surface area contributed by atoms with Crippen molar-refractivity contribution in [3.8, 4) is 5.75 Å².